The lowest BCUT2D eigenvalue weighted by Crippen LogP contribution is -2.49. The number of rotatable bonds is 4. The molecule has 2 rings (SSSR count). The maximum atomic E-state index is 5.75. The molecule has 0 atom stereocenters. The number of hydrogen-bond donors (Lipinski definition) is 0. The second-order valence-electron chi connectivity index (χ2n) is 7.03. The van der Waals surface area contributed by atoms with Crippen molar-refractivity contribution in [1.82, 2.24) is 4.98 Å². The molecule has 0 aliphatic heterocycles. The Morgan fingerprint density at radius 2 is 1.67 bits per heavy atom. The molecule has 0 bridgehead atoms. The smallest absolute Gasteiger partial charge is 0.213 e. The van der Waals surface area contributed by atoms with Gasteiger partial charge in [-0.2, -0.15) is 0 Å². The highest BCUT2D eigenvalue weighted by Gasteiger charge is 2.36. The van der Waals surface area contributed by atoms with Gasteiger partial charge in [0, 0.05) is 12.3 Å². The van der Waals surface area contributed by atoms with Crippen LogP contribution in [-0.2, 0) is 6.61 Å². The maximum absolute atomic E-state index is 5.75. The molecule has 1 aromatic heterocycles. The van der Waals surface area contributed by atoms with Gasteiger partial charge in [-0.1, -0.05) is 70.3 Å². The van der Waals surface area contributed by atoms with Crippen LogP contribution in [0.1, 0.15) is 26.3 Å². The molecule has 0 radical (unpaired) electrons. The molecule has 1 heterocycles. The summed E-state index contributed by atoms with van der Waals surface area (Å²) in [5, 5.41) is 1.70. The minimum Gasteiger partial charge on any atom is -0.473 e. The Labute approximate surface area is 129 Å². The normalized spacial score (nSPS) is 12.2. The summed E-state index contributed by atoms with van der Waals surface area (Å²) in [5.41, 5.74) is 1.16. The number of nitrogens with zero attached hydrogens (tertiary/aromatic N) is 1. The Morgan fingerprint density at radius 3 is 2.19 bits per heavy atom. The number of pyridine rings is 1. The van der Waals surface area contributed by atoms with Crippen molar-refractivity contribution >= 4 is 13.3 Å². The van der Waals surface area contributed by atoms with Crippen molar-refractivity contribution < 1.29 is 4.74 Å². The van der Waals surface area contributed by atoms with Crippen LogP contribution in [0.3, 0.4) is 0 Å². The molecule has 0 N–H and O–H groups in total. The van der Waals surface area contributed by atoms with Crippen molar-refractivity contribution in [3.05, 3.63) is 54.2 Å². The number of hydrogen-bond acceptors (Lipinski definition) is 2. The molecular formula is C18H25NOSi. The fourth-order valence-corrected chi connectivity index (χ4v) is 3.75. The fraction of sp³-hybridized carbons (Fsp3) is 0.389. The van der Waals surface area contributed by atoms with Gasteiger partial charge in [-0.05, 0) is 15.8 Å². The van der Waals surface area contributed by atoms with Gasteiger partial charge in [0.2, 0.25) is 5.88 Å². The standard InChI is InChI=1S/C18H25NOSi/c1-18(2,3)21(4,5)16-11-12-17(19-13-16)20-14-15-9-7-6-8-10-15/h6-13H,14H2,1-5H3. The molecule has 0 aliphatic rings. The van der Waals surface area contributed by atoms with Gasteiger partial charge < -0.3 is 4.74 Å². The topological polar surface area (TPSA) is 22.1 Å². The molecule has 0 unspecified atom stereocenters. The van der Waals surface area contributed by atoms with Crippen LogP contribution < -0.4 is 9.92 Å². The van der Waals surface area contributed by atoms with Gasteiger partial charge in [-0.3, -0.25) is 0 Å². The summed E-state index contributed by atoms with van der Waals surface area (Å²) in [7, 11) is -1.51. The Kier molecular flexibility index (Phi) is 4.52. The number of aromatic nitrogens is 1. The summed E-state index contributed by atoms with van der Waals surface area (Å²) in [5.74, 6) is 0.696. The quantitative estimate of drug-likeness (QED) is 0.782. The van der Waals surface area contributed by atoms with Gasteiger partial charge in [-0.15, -0.1) is 0 Å². The van der Waals surface area contributed by atoms with E-state index in [0.717, 1.165) is 5.56 Å². The summed E-state index contributed by atoms with van der Waals surface area (Å²) in [4.78, 5) is 4.49. The average molecular weight is 299 g/mol. The molecule has 1 aromatic carbocycles. The minimum absolute atomic E-state index is 0.321. The second kappa shape index (κ2) is 6.02. The van der Waals surface area contributed by atoms with E-state index >= 15 is 0 Å². The molecule has 0 spiro atoms. The minimum atomic E-state index is -1.51. The van der Waals surface area contributed by atoms with E-state index in [-0.39, 0.29) is 0 Å². The number of benzene rings is 1. The molecule has 2 nitrogen and oxygen atoms in total. The van der Waals surface area contributed by atoms with E-state index in [1.54, 1.807) is 0 Å². The summed E-state index contributed by atoms with van der Waals surface area (Å²) in [6.07, 6.45) is 2.00. The van der Waals surface area contributed by atoms with Crippen molar-refractivity contribution in [2.75, 3.05) is 0 Å². The van der Waals surface area contributed by atoms with Crippen molar-refractivity contribution in [2.45, 2.75) is 45.5 Å². The van der Waals surface area contributed by atoms with Crippen molar-refractivity contribution in [2.24, 2.45) is 0 Å². The lowest BCUT2D eigenvalue weighted by atomic mass is 10.2. The van der Waals surface area contributed by atoms with Gasteiger partial charge in [0.1, 0.15) is 6.61 Å². The van der Waals surface area contributed by atoms with E-state index in [0.29, 0.717) is 17.5 Å². The van der Waals surface area contributed by atoms with E-state index in [9.17, 15) is 0 Å². The molecule has 0 aliphatic carbocycles. The Morgan fingerprint density at radius 1 is 1.00 bits per heavy atom. The molecular weight excluding hydrogens is 274 g/mol. The zero-order chi connectivity index (χ0) is 15.5. The van der Waals surface area contributed by atoms with Crippen LogP contribution in [0.4, 0.5) is 0 Å². The van der Waals surface area contributed by atoms with E-state index in [4.69, 9.17) is 4.74 Å². The molecule has 2 aromatic rings. The predicted octanol–water partition coefficient (Wildman–Crippen LogP) is 4.38. The summed E-state index contributed by atoms with van der Waals surface area (Å²) >= 11 is 0. The largest absolute Gasteiger partial charge is 0.473 e. The van der Waals surface area contributed by atoms with Crippen LogP contribution in [0.5, 0.6) is 5.88 Å². The van der Waals surface area contributed by atoms with Crippen molar-refractivity contribution in [3.63, 3.8) is 0 Å². The number of ether oxygens (including phenoxy) is 1. The first-order valence-electron chi connectivity index (χ1n) is 7.44. The molecule has 0 saturated carbocycles. The molecule has 0 amide bonds. The van der Waals surface area contributed by atoms with Crippen LogP contribution in [0, 0.1) is 0 Å². The zero-order valence-corrected chi connectivity index (χ0v) is 14.7. The van der Waals surface area contributed by atoms with E-state index in [2.05, 4.69) is 57.0 Å². The van der Waals surface area contributed by atoms with Crippen LogP contribution in [-0.4, -0.2) is 13.1 Å². The first-order chi connectivity index (χ1) is 9.80. The fourth-order valence-electron chi connectivity index (χ4n) is 2.00. The van der Waals surface area contributed by atoms with Gasteiger partial charge in [0.25, 0.3) is 0 Å². The van der Waals surface area contributed by atoms with Crippen LogP contribution >= 0.6 is 0 Å². The average Bonchev–Trinajstić information content (AvgIpc) is 2.45. The Balaban J connectivity index is 2.06. The lowest BCUT2D eigenvalue weighted by Gasteiger charge is -2.37. The van der Waals surface area contributed by atoms with Crippen molar-refractivity contribution in [3.8, 4) is 5.88 Å². The molecule has 0 saturated heterocycles. The van der Waals surface area contributed by atoms with Crippen LogP contribution in [0.15, 0.2) is 48.7 Å². The highest BCUT2D eigenvalue weighted by atomic mass is 28.3. The van der Waals surface area contributed by atoms with E-state index in [1.807, 2.05) is 30.5 Å². The summed E-state index contributed by atoms with van der Waals surface area (Å²) in [6, 6.07) is 14.4. The molecule has 112 valence electrons. The third kappa shape index (κ3) is 3.73. The highest BCUT2D eigenvalue weighted by Crippen LogP contribution is 2.35. The molecule has 21 heavy (non-hydrogen) atoms. The third-order valence-electron chi connectivity index (χ3n) is 4.56. The first-order valence-corrected chi connectivity index (χ1v) is 10.4. The predicted molar refractivity (Wildman–Crippen MR) is 91.8 cm³/mol. The Hall–Kier alpha value is -1.61. The highest BCUT2D eigenvalue weighted by molar-refractivity contribution is 6.92. The third-order valence-corrected chi connectivity index (χ3v) is 10.1. The Bertz CT molecular complexity index is 570. The zero-order valence-electron chi connectivity index (χ0n) is 13.7. The summed E-state index contributed by atoms with van der Waals surface area (Å²) in [6.45, 7) is 12.3. The van der Waals surface area contributed by atoms with Crippen LogP contribution in [0.25, 0.3) is 0 Å². The summed E-state index contributed by atoms with van der Waals surface area (Å²) < 4.78 is 5.75. The second-order valence-corrected chi connectivity index (χ2v) is 12.4. The monoisotopic (exact) mass is 299 g/mol. The lowest BCUT2D eigenvalue weighted by molar-refractivity contribution is 0.294. The van der Waals surface area contributed by atoms with Gasteiger partial charge >= 0.3 is 0 Å². The molecule has 3 heteroatoms. The van der Waals surface area contributed by atoms with E-state index < -0.39 is 8.07 Å². The van der Waals surface area contributed by atoms with Gasteiger partial charge in [0.05, 0.1) is 8.07 Å². The van der Waals surface area contributed by atoms with Gasteiger partial charge in [0.15, 0.2) is 0 Å². The van der Waals surface area contributed by atoms with Crippen molar-refractivity contribution in [1.29, 1.82) is 0 Å². The van der Waals surface area contributed by atoms with Crippen LogP contribution in [0.2, 0.25) is 18.1 Å². The SMILES string of the molecule is CC(C)(C)[Si](C)(C)c1ccc(OCc2ccccc2)nc1. The first kappa shape index (κ1) is 15.8. The maximum Gasteiger partial charge on any atom is 0.213 e. The molecule has 0 fully saturated rings. The van der Waals surface area contributed by atoms with E-state index in [1.165, 1.54) is 5.19 Å². The van der Waals surface area contributed by atoms with Gasteiger partial charge in [-0.25, -0.2) is 4.98 Å².